The van der Waals surface area contributed by atoms with Gasteiger partial charge in [-0.05, 0) is 0 Å². The first kappa shape index (κ1) is 13.2. The van der Waals surface area contributed by atoms with E-state index in [0.29, 0.717) is 4.46 Å². The van der Waals surface area contributed by atoms with Gasteiger partial charge in [0.1, 0.15) is 0 Å². The molecular weight excluding hydrogens is 315 g/mol. The van der Waals surface area contributed by atoms with Crippen molar-refractivity contribution in [1.29, 1.82) is 0 Å². The van der Waals surface area contributed by atoms with Crippen LogP contribution in [-0.2, 0) is 0 Å². The second-order valence-electron chi connectivity index (χ2n) is 3.58. The quantitative estimate of drug-likeness (QED) is 0.480. The molecular formula is C12H8N2O4Se. The minimum absolute atomic E-state index is 0.196. The van der Waals surface area contributed by atoms with Crippen LogP contribution in [0.1, 0.15) is 0 Å². The molecule has 0 saturated heterocycles. The van der Waals surface area contributed by atoms with Crippen molar-refractivity contribution in [3.63, 3.8) is 0 Å². The van der Waals surface area contributed by atoms with E-state index >= 15 is 0 Å². The summed E-state index contributed by atoms with van der Waals surface area (Å²) in [7, 11) is 0. The zero-order valence-electron chi connectivity index (χ0n) is 9.55. The third kappa shape index (κ3) is 3.15. The molecule has 7 heteroatoms. The number of nitrogens with zero attached hydrogens (tertiary/aromatic N) is 2. The summed E-state index contributed by atoms with van der Waals surface area (Å²) in [5, 5.41) is 21.6. The maximum absolute atomic E-state index is 11.0. The molecule has 0 aliphatic carbocycles. The van der Waals surface area contributed by atoms with Crippen molar-refractivity contribution in [3.8, 4) is 0 Å². The Bertz CT molecular complexity index is 631. The molecule has 0 aromatic heterocycles. The van der Waals surface area contributed by atoms with E-state index in [0.717, 1.165) is 10.5 Å². The molecule has 2 rings (SSSR count). The molecule has 0 atom stereocenters. The van der Waals surface area contributed by atoms with Crippen molar-refractivity contribution in [2.45, 2.75) is 0 Å². The molecule has 2 aromatic carbocycles. The third-order valence-corrected chi connectivity index (χ3v) is 4.57. The average Bonchev–Trinajstić information content (AvgIpc) is 2.39. The van der Waals surface area contributed by atoms with Crippen molar-refractivity contribution in [1.82, 2.24) is 0 Å². The summed E-state index contributed by atoms with van der Waals surface area (Å²) in [5.74, 6) is 0. The molecule has 96 valence electrons. The number of nitro groups is 2. The molecule has 2 aromatic rings. The fourth-order valence-corrected chi connectivity index (χ4v) is 3.40. The maximum atomic E-state index is 11.0. The molecule has 0 radical (unpaired) electrons. The predicted octanol–water partition coefficient (Wildman–Crippen LogP) is 1.16. The molecule has 0 fully saturated rings. The van der Waals surface area contributed by atoms with Crippen LogP contribution in [0.5, 0.6) is 0 Å². The van der Waals surface area contributed by atoms with Crippen LogP contribution >= 0.6 is 0 Å². The van der Waals surface area contributed by atoms with Gasteiger partial charge in [0, 0.05) is 0 Å². The number of nitro benzene ring substituents is 2. The van der Waals surface area contributed by atoms with E-state index in [4.69, 9.17) is 0 Å². The number of hydrogen-bond acceptors (Lipinski definition) is 4. The Hall–Kier alpha value is -2.24. The van der Waals surface area contributed by atoms with Crippen LogP contribution in [0.15, 0.2) is 48.5 Å². The van der Waals surface area contributed by atoms with Crippen LogP contribution < -0.4 is 8.92 Å². The fraction of sp³-hybridized carbons (Fsp3) is 0. The van der Waals surface area contributed by atoms with E-state index in [1.165, 1.54) is 12.1 Å². The topological polar surface area (TPSA) is 86.3 Å². The first-order chi connectivity index (χ1) is 9.08. The summed E-state index contributed by atoms with van der Waals surface area (Å²) in [6.45, 7) is 0. The zero-order chi connectivity index (χ0) is 13.8. The predicted molar refractivity (Wildman–Crippen MR) is 71.2 cm³/mol. The molecule has 19 heavy (non-hydrogen) atoms. The fourth-order valence-electron chi connectivity index (χ4n) is 1.46. The van der Waals surface area contributed by atoms with Gasteiger partial charge in [-0.3, -0.25) is 0 Å². The first-order valence-corrected chi connectivity index (χ1v) is 6.95. The van der Waals surface area contributed by atoms with Gasteiger partial charge in [0.05, 0.1) is 0 Å². The van der Waals surface area contributed by atoms with Crippen LogP contribution in [0.25, 0.3) is 0 Å². The molecule has 0 aliphatic rings. The molecule has 0 heterocycles. The molecule has 0 unspecified atom stereocenters. The summed E-state index contributed by atoms with van der Waals surface area (Å²) in [6.07, 6.45) is 0. The minimum atomic E-state index is -0.633. The van der Waals surface area contributed by atoms with Crippen LogP contribution in [-0.4, -0.2) is 24.8 Å². The average molecular weight is 323 g/mol. The summed E-state index contributed by atoms with van der Waals surface area (Å²) in [4.78, 5) is 20.4. The summed E-state index contributed by atoms with van der Waals surface area (Å²) >= 11 is -0.251. The van der Waals surface area contributed by atoms with Crippen molar-refractivity contribution >= 4 is 35.3 Å². The number of rotatable bonds is 4. The van der Waals surface area contributed by atoms with Gasteiger partial charge in [-0.25, -0.2) is 0 Å². The molecule has 0 aliphatic heterocycles. The van der Waals surface area contributed by atoms with Crippen LogP contribution in [0.2, 0.25) is 0 Å². The second kappa shape index (κ2) is 5.60. The summed E-state index contributed by atoms with van der Waals surface area (Å²) < 4.78 is 1.50. The van der Waals surface area contributed by atoms with Gasteiger partial charge in [0.2, 0.25) is 0 Å². The van der Waals surface area contributed by atoms with Gasteiger partial charge < -0.3 is 0 Å². The summed E-state index contributed by atoms with van der Waals surface area (Å²) in [5.41, 5.74) is -0.461. The van der Waals surface area contributed by atoms with Crippen molar-refractivity contribution < 1.29 is 9.85 Å². The molecule has 0 saturated carbocycles. The number of benzene rings is 2. The van der Waals surface area contributed by atoms with Gasteiger partial charge >= 0.3 is 114 Å². The Labute approximate surface area is 114 Å². The monoisotopic (exact) mass is 324 g/mol. The van der Waals surface area contributed by atoms with Crippen molar-refractivity contribution in [2.24, 2.45) is 0 Å². The van der Waals surface area contributed by atoms with E-state index in [-0.39, 0.29) is 26.3 Å². The van der Waals surface area contributed by atoms with E-state index in [1.54, 1.807) is 0 Å². The molecule has 0 amide bonds. The van der Waals surface area contributed by atoms with Gasteiger partial charge in [-0.2, -0.15) is 0 Å². The van der Waals surface area contributed by atoms with Gasteiger partial charge in [-0.15, -0.1) is 0 Å². The van der Waals surface area contributed by atoms with Gasteiger partial charge in [0.25, 0.3) is 0 Å². The third-order valence-electron chi connectivity index (χ3n) is 2.32. The Morgan fingerprint density at radius 2 is 1.58 bits per heavy atom. The Balaban J connectivity index is 2.40. The van der Waals surface area contributed by atoms with E-state index in [1.807, 2.05) is 30.3 Å². The van der Waals surface area contributed by atoms with Crippen LogP contribution in [0.4, 0.5) is 11.4 Å². The standard InChI is InChI=1S/C12H8N2O4Se/c15-13(16)9-6-7-12(11(8-9)14(17)18)19-10-4-2-1-3-5-10/h1-8H. The van der Waals surface area contributed by atoms with Gasteiger partial charge in [0.15, 0.2) is 0 Å². The van der Waals surface area contributed by atoms with Crippen molar-refractivity contribution in [2.75, 3.05) is 0 Å². The van der Waals surface area contributed by atoms with Crippen LogP contribution in [0.3, 0.4) is 0 Å². The number of non-ortho nitro benzene ring substituents is 1. The summed E-state index contributed by atoms with van der Waals surface area (Å²) in [6, 6.07) is 13.1. The Kier molecular flexibility index (Phi) is 3.89. The molecule has 0 N–H and O–H groups in total. The van der Waals surface area contributed by atoms with Crippen molar-refractivity contribution in [3.05, 3.63) is 68.8 Å². The first-order valence-electron chi connectivity index (χ1n) is 5.23. The van der Waals surface area contributed by atoms with E-state index < -0.39 is 9.85 Å². The van der Waals surface area contributed by atoms with E-state index in [9.17, 15) is 20.2 Å². The van der Waals surface area contributed by atoms with Crippen LogP contribution in [0, 0.1) is 20.2 Å². The Morgan fingerprint density at radius 1 is 0.895 bits per heavy atom. The second-order valence-corrected chi connectivity index (χ2v) is 5.92. The molecule has 6 nitrogen and oxygen atoms in total. The van der Waals surface area contributed by atoms with E-state index in [2.05, 4.69) is 0 Å². The van der Waals surface area contributed by atoms with Gasteiger partial charge in [-0.1, -0.05) is 0 Å². The molecule has 0 spiro atoms. The zero-order valence-corrected chi connectivity index (χ0v) is 11.3. The normalized spacial score (nSPS) is 10.1. The SMILES string of the molecule is O=[N+]([O-])c1ccc([Se]c2ccccc2)c([N+](=O)[O-])c1. The number of hydrogen-bond donors (Lipinski definition) is 0. The Morgan fingerprint density at radius 3 is 2.16 bits per heavy atom. The molecule has 0 bridgehead atoms.